The van der Waals surface area contributed by atoms with Crippen LogP contribution in [0.1, 0.15) is 16.7 Å². The second-order valence-electron chi connectivity index (χ2n) is 4.51. The maximum Gasteiger partial charge on any atom is 0.170 e. The highest BCUT2D eigenvalue weighted by Crippen LogP contribution is 2.27. The molecule has 0 saturated carbocycles. The van der Waals surface area contributed by atoms with Crippen molar-refractivity contribution in [1.82, 2.24) is 0 Å². The molecule has 0 fully saturated rings. The molecule has 0 aliphatic heterocycles. The summed E-state index contributed by atoms with van der Waals surface area (Å²) in [6, 6.07) is 11.0. The first-order valence-electron chi connectivity index (χ1n) is 6.16. The normalized spacial score (nSPS) is 11.5. The molecule has 110 valence electrons. The van der Waals surface area contributed by atoms with Gasteiger partial charge in [-0.2, -0.15) is 0 Å². The number of nitrogens with two attached hydrogens (primary N) is 1. The molecule has 0 amide bonds. The molecule has 4 nitrogen and oxygen atoms in total. The molecule has 0 aliphatic rings. The molecule has 0 atom stereocenters. The lowest BCUT2D eigenvalue weighted by Gasteiger charge is -2.11. The fraction of sp³-hybridized carbons (Fsp3) is 0.133. The second kappa shape index (κ2) is 6.83. The molecular weight excluding hydrogens is 356 g/mol. The van der Waals surface area contributed by atoms with Gasteiger partial charge in [-0.3, -0.25) is 0 Å². The highest BCUT2D eigenvalue weighted by atomic mass is 79.9. The van der Waals surface area contributed by atoms with Gasteiger partial charge in [-0.05, 0) is 46.6 Å². The van der Waals surface area contributed by atoms with Gasteiger partial charge in [0.05, 0.1) is 4.47 Å². The number of rotatable bonds is 4. The molecular formula is C15H14BrClN2O2. The van der Waals surface area contributed by atoms with Gasteiger partial charge < -0.3 is 15.7 Å². The van der Waals surface area contributed by atoms with Crippen LogP contribution in [0, 0.1) is 6.92 Å². The third-order valence-electron chi connectivity index (χ3n) is 2.93. The number of nitrogens with zero attached hydrogens (tertiary/aromatic N) is 1. The third-order valence-corrected chi connectivity index (χ3v) is 3.90. The van der Waals surface area contributed by atoms with Crippen molar-refractivity contribution < 1.29 is 9.94 Å². The van der Waals surface area contributed by atoms with Gasteiger partial charge in [0.15, 0.2) is 5.84 Å². The van der Waals surface area contributed by atoms with Gasteiger partial charge in [-0.15, -0.1) is 0 Å². The quantitative estimate of drug-likeness (QED) is 0.369. The van der Waals surface area contributed by atoms with Gasteiger partial charge in [0, 0.05) is 16.1 Å². The van der Waals surface area contributed by atoms with Crippen LogP contribution in [0.2, 0.25) is 5.02 Å². The monoisotopic (exact) mass is 368 g/mol. The van der Waals surface area contributed by atoms with Crippen LogP contribution in [-0.2, 0) is 6.61 Å². The Balaban J connectivity index is 2.13. The predicted molar refractivity (Wildman–Crippen MR) is 87.2 cm³/mol. The number of amidine groups is 1. The Morgan fingerprint density at radius 1 is 1.33 bits per heavy atom. The molecule has 2 aromatic rings. The number of halogens is 2. The molecule has 0 spiro atoms. The van der Waals surface area contributed by atoms with E-state index in [0.717, 1.165) is 21.3 Å². The lowest BCUT2D eigenvalue weighted by atomic mass is 10.1. The van der Waals surface area contributed by atoms with E-state index < -0.39 is 0 Å². The van der Waals surface area contributed by atoms with Crippen molar-refractivity contribution in [3.8, 4) is 5.75 Å². The summed E-state index contributed by atoms with van der Waals surface area (Å²) in [6.07, 6.45) is 0. The summed E-state index contributed by atoms with van der Waals surface area (Å²) >= 11 is 9.64. The minimum absolute atomic E-state index is 0.0191. The summed E-state index contributed by atoms with van der Waals surface area (Å²) in [6.45, 7) is 2.34. The first kappa shape index (κ1) is 15.7. The van der Waals surface area contributed by atoms with Crippen LogP contribution in [0.15, 0.2) is 46.0 Å². The molecule has 3 N–H and O–H groups in total. The summed E-state index contributed by atoms with van der Waals surface area (Å²) in [7, 11) is 0. The zero-order valence-corrected chi connectivity index (χ0v) is 13.6. The molecule has 0 heterocycles. The number of hydrogen-bond acceptors (Lipinski definition) is 3. The molecule has 6 heteroatoms. The molecule has 0 aromatic heterocycles. The van der Waals surface area contributed by atoms with Crippen molar-refractivity contribution in [1.29, 1.82) is 0 Å². The topological polar surface area (TPSA) is 67.8 Å². The van der Waals surface area contributed by atoms with Crippen molar-refractivity contribution in [3.05, 3.63) is 62.6 Å². The highest BCUT2D eigenvalue weighted by molar-refractivity contribution is 9.10. The van der Waals surface area contributed by atoms with Gasteiger partial charge in [0.1, 0.15) is 12.4 Å². The van der Waals surface area contributed by atoms with Crippen molar-refractivity contribution in [2.45, 2.75) is 13.5 Å². The van der Waals surface area contributed by atoms with E-state index in [-0.39, 0.29) is 5.84 Å². The Kier molecular flexibility index (Phi) is 5.09. The maximum absolute atomic E-state index is 8.64. The fourth-order valence-corrected chi connectivity index (χ4v) is 2.60. The summed E-state index contributed by atoms with van der Waals surface area (Å²) in [4.78, 5) is 0. The highest BCUT2D eigenvalue weighted by Gasteiger charge is 2.07. The van der Waals surface area contributed by atoms with Crippen LogP contribution < -0.4 is 10.5 Å². The van der Waals surface area contributed by atoms with Crippen LogP contribution in [0.4, 0.5) is 0 Å². The van der Waals surface area contributed by atoms with E-state index in [1.807, 2.05) is 25.1 Å². The maximum atomic E-state index is 8.64. The summed E-state index contributed by atoms with van der Waals surface area (Å²) in [5, 5.41) is 12.1. The van der Waals surface area contributed by atoms with Crippen LogP contribution >= 0.6 is 27.5 Å². The van der Waals surface area contributed by atoms with Crippen LogP contribution in [0.5, 0.6) is 5.75 Å². The number of hydrogen-bond donors (Lipinski definition) is 2. The van der Waals surface area contributed by atoms with Crippen molar-refractivity contribution in [2.24, 2.45) is 10.9 Å². The average Bonchev–Trinajstić information content (AvgIpc) is 2.46. The van der Waals surface area contributed by atoms with E-state index in [0.29, 0.717) is 17.2 Å². The number of oxime groups is 1. The average molecular weight is 370 g/mol. The van der Waals surface area contributed by atoms with Crippen LogP contribution in [0.3, 0.4) is 0 Å². The predicted octanol–water partition coefficient (Wildman–Crippen LogP) is 4.08. The Morgan fingerprint density at radius 3 is 2.71 bits per heavy atom. The Hall–Kier alpha value is -1.72. The van der Waals surface area contributed by atoms with Gasteiger partial charge in [-0.25, -0.2) is 0 Å². The molecule has 0 saturated heterocycles. The Bertz CT molecular complexity index is 689. The van der Waals surface area contributed by atoms with E-state index in [4.69, 9.17) is 27.3 Å². The first-order chi connectivity index (χ1) is 10.0. The van der Waals surface area contributed by atoms with Gasteiger partial charge in [0.2, 0.25) is 0 Å². The molecule has 0 bridgehead atoms. The Labute approximate surface area is 136 Å². The van der Waals surface area contributed by atoms with Crippen molar-refractivity contribution in [2.75, 3.05) is 0 Å². The smallest absolute Gasteiger partial charge is 0.170 e. The number of aryl methyl sites for hydroxylation is 1. The molecule has 2 rings (SSSR count). The SMILES string of the molecule is Cc1ccc(OCc2ccc(/C(N)=N/O)cc2Cl)c(Br)c1. The zero-order chi connectivity index (χ0) is 15.4. The van der Waals surface area contributed by atoms with E-state index in [1.54, 1.807) is 18.2 Å². The van der Waals surface area contributed by atoms with Crippen molar-refractivity contribution >= 4 is 33.4 Å². The van der Waals surface area contributed by atoms with Gasteiger partial charge in [-0.1, -0.05) is 35.0 Å². The minimum Gasteiger partial charge on any atom is -0.488 e. The van der Waals surface area contributed by atoms with E-state index in [1.165, 1.54) is 0 Å². The lowest BCUT2D eigenvalue weighted by Crippen LogP contribution is -2.13. The summed E-state index contributed by atoms with van der Waals surface area (Å²) in [5.74, 6) is 0.767. The van der Waals surface area contributed by atoms with Gasteiger partial charge in [0.25, 0.3) is 0 Å². The third kappa shape index (κ3) is 3.89. The van der Waals surface area contributed by atoms with E-state index in [9.17, 15) is 0 Å². The standard InChI is InChI=1S/C15H14BrClN2O2/c1-9-2-5-14(12(16)6-9)21-8-11-4-3-10(7-13(11)17)15(18)19-20/h2-7,20H,8H2,1H3,(H2,18,19). The minimum atomic E-state index is 0.0191. The molecule has 0 unspecified atom stereocenters. The first-order valence-corrected chi connectivity index (χ1v) is 7.33. The van der Waals surface area contributed by atoms with Crippen LogP contribution in [-0.4, -0.2) is 11.0 Å². The molecule has 0 radical (unpaired) electrons. The van der Waals surface area contributed by atoms with Crippen LogP contribution in [0.25, 0.3) is 0 Å². The molecule has 21 heavy (non-hydrogen) atoms. The summed E-state index contributed by atoms with van der Waals surface area (Å²) in [5.41, 5.74) is 8.04. The zero-order valence-electron chi connectivity index (χ0n) is 11.3. The van der Waals surface area contributed by atoms with E-state index in [2.05, 4.69) is 21.1 Å². The molecule has 2 aromatic carbocycles. The van der Waals surface area contributed by atoms with Crippen molar-refractivity contribution in [3.63, 3.8) is 0 Å². The summed E-state index contributed by atoms with van der Waals surface area (Å²) < 4.78 is 6.64. The molecule has 0 aliphatic carbocycles. The second-order valence-corrected chi connectivity index (χ2v) is 5.78. The van der Waals surface area contributed by atoms with Gasteiger partial charge >= 0.3 is 0 Å². The Morgan fingerprint density at radius 2 is 2.10 bits per heavy atom. The number of ether oxygens (including phenoxy) is 1. The largest absolute Gasteiger partial charge is 0.488 e. The number of benzene rings is 2. The fourth-order valence-electron chi connectivity index (χ4n) is 1.76. The van der Waals surface area contributed by atoms with E-state index >= 15 is 0 Å². The lowest BCUT2D eigenvalue weighted by molar-refractivity contribution is 0.304.